The minimum absolute atomic E-state index is 0.0615. The van der Waals surface area contributed by atoms with Gasteiger partial charge in [0, 0.05) is 0 Å². The van der Waals surface area contributed by atoms with Gasteiger partial charge in [-0.2, -0.15) is 8.42 Å². The molecule has 1 aliphatic heterocycles. The van der Waals surface area contributed by atoms with E-state index in [4.69, 9.17) is 13.7 Å². The van der Waals surface area contributed by atoms with Crippen LogP contribution in [-0.2, 0) is 29.4 Å². The number of aryl methyl sites for hydroxylation is 1. The molecule has 8 heteroatoms. The largest absolute Gasteiger partial charge is 0.385 e. The molecule has 5 rings (SSSR count). The molecule has 39 heavy (non-hydrogen) atoms. The summed E-state index contributed by atoms with van der Waals surface area (Å²) < 4.78 is 43.9. The molecule has 0 unspecified atom stereocenters. The van der Waals surface area contributed by atoms with E-state index in [-0.39, 0.29) is 11.5 Å². The van der Waals surface area contributed by atoms with Crippen LogP contribution in [0.2, 0.25) is 0 Å². The van der Waals surface area contributed by atoms with E-state index in [0.717, 1.165) is 22.3 Å². The zero-order valence-electron chi connectivity index (χ0n) is 21.3. The molecule has 0 bridgehead atoms. The Kier molecular flexibility index (Phi) is 7.95. The summed E-state index contributed by atoms with van der Waals surface area (Å²) in [5, 5.41) is 21.0. The third kappa shape index (κ3) is 5.53. The summed E-state index contributed by atoms with van der Waals surface area (Å²) in [6.45, 7) is 1.65. The van der Waals surface area contributed by atoms with Crippen LogP contribution < -0.4 is 0 Å². The average Bonchev–Trinajstić information content (AvgIpc) is 3.22. The monoisotopic (exact) mass is 546 g/mol. The van der Waals surface area contributed by atoms with Gasteiger partial charge in [0.05, 0.1) is 11.5 Å². The first-order valence-electron chi connectivity index (χ1n) is 12.6. The Hall–Kier alpha value is -3.37. The fourth-order valence-electron chi connectivity index (χ4n) is 4.85. The molecule has 1 fully saturated rings. The molecule has 1 saturated heterocycles. The highest BCUT2D eigenvalue weighted by atomic mass is 32.2. The van der Waals surface area contributed by atoms with Crippen molar-refractivity contribution in [1.29, 1.82) is 0 Å². The molecule has 4 atom stereocenters. The van der Waals surface area contributed by atoms with Crippen LogP contribution in [0.1, 0.15) is 22.3 Å². The molecule has 4 aromatic carbocycles. The van der Waals surface area contributed by atoms with Crippen LogP contribution in [0, 0.1) is 6.92 Å². The van der Waals surface area contributed by atoms with Crippen molar-refractivity contribution in [3.05, 3.63) is 138 Å². The van der Waals surface area contributed by atoms with Crippen molar-refractivity contribution in [2.45, 2.75) is 42.0 Å². The Labute approximate surface area is 228 Å². The van der Waals surface area contributed by atoms with Gasteiger partial charge in [-0.25, -0.2) is 0 Å². The molecular weight excluding hydrogens is 516 g/mol. The van der Waals surface area contributed by atoms with Gasteiger partial charge in [0.25, 0.3) is 10.1 Å². The van der Waals surface area contributed by atoms with E-state index in [9.17, 15) is 18.6 Å². The van der Waals surface area contributed by atoms with Gasteiger partial charge in [-0.05, 0) is 35.7 Å². The Morgan fingerprint density at radius 2 is 1.21 bits per heavy atom. The van der Waals surface area contributed by atoms with Crippen LogP contribution in [0.3, 0.4) is 0 Å². The third-order valence-corrected chi connectivity index (χ3v) is 8.19. The number of benzene rings is 4. The van der Waals surface area contributed by atoms with Crippen LogP contribution in [0.4, 0.5) is 0 Å². The van der Waals surface area contributed by atoms with E-state index >= 15 is 0 Å². The molecule has 0 spiro atoms. The van der Waals surface area contributed by atoms with Gasteiger partial charge in [-0.15, -0.1) is 0 Å². The highest BCUT2D eigenvalue weighted by Gasteiger charge is 2.48. The van der Waals surface area contributed by atoms with Gasteiger partial charge >= 0.3 is 0 Å². The van der Waals surface area contributed by atoms with Crippen LogP contribution >= 0.6 is 0 Å². The van der Waals surface area contributed by atoms with Gasteiger partial charge in [-0.1, -0.05) is 109 Å². The predicted molar refractivity (Wildman–Crippen MR) is 145 cm³/mol. The second-order valence-electron chi connectivity index (χ2n) is 9.47. The summed E-state index contributed by atoms with van der Waals surface area (Å²) in [5.41, 5.74) is 2.30. The molecule has 0 amide bonds. The molecule has 0 saturated carbocycles. The van der Waals surface area contributed by atoms with Gasteiger partial charge in [0.15, 0.2) is 6.29 Å². The van der Waals surface area contributed by atoms with Crippen LogP contribution in [-0.4, -0.2) is 49.8 Å². The molecule has 202 valence electrons. The molecular formula is C31H30O7S. The number of hydrogen-bond acceptors (Lipinski definition) is 7. The first-order valence-corrected chi connectivity index (χ1v) is 14.0. The standard InChI is InChI=1S/C31H30O7S/c1-22-17-19-26(20-18-22)39(34,35)38-29-27(37-30(33)28(29)32)21-36-31(23-11-5-2-6-12-23,24-13-7-3-8-14-24)25-15-9-4-10-16-25/h2-20,27-30,32-33H,21H2,1H3/t27-,28-,29-,30-/m1/s1. The number of hydrogen-bond donors (Lipinski definition) is 2. The lowest BCUT2D eigenvalue weighted by Crippen LogP contribution is -2.42. The lowest BCUT2D eigenvalue weighted by atomic mass is 9.80. The molecule has 0 aromatic heterocycles. The van der Waals surface area contributed by atoms with Crippen molar-refractivity contribution in [3.8, 4) is 0 Å². The van der Waals surface area contributed by atoms with Crippen molar-refractivity contribution in [2.24, 2.45) is 0 Å². The number of rotatable bonds is 9. The summed E-state index contributed by atoms with van der Waals surface area (Å²) >= 11 is 0. The van der Waals surface area contributed by atoms with E-state index in [1.165, 1.54) is 12.1 Å². The third-order valence-electron chi connectivity index (χ3n) is 6.86. The predicted octanol–water partition coefficient (Wildman–Crippen LogP) is 4.16. The first kappa shape index (κ1) is 27.2. The molecule has 4 aromatic rings. The second kappa shape index (κ2) is 11.4. The zero-order valence-corrected chi connectivity index (χ0v) is 22.1. The zero-order chi connectivity index (χ0) is 27.5. The Bertz CT molecular complexity index is 1360. The number of ether oxygens (including phenoxy) is 2. The van der Waals surface area contributed by atoms with E-state index in [0.29, 0.717) is 0 Å². The fraction of sp³-hybridized carbons (Fsp3) is 0.226. The smallest absolute Gasteiger partial charge is 0.297 e. The molecule has 1 heterocycles. The lowest BCUT2D eigenvalue weighted by Gasteiger charge is -2.37. The average molecular weight is 547 g/mol. The summed E-state index contributed by atoms with van der Waals surface area (Å²) in [5.74, 6) is 0. The van der Waals surface area contributed by atoms with Crippen molar-refractivity contribution >= 4 is 10.1 Å². The summed E-state index contributed by atoms with van der Waals surface area (Å²) in [6, 6.07) is 35.1. The maximum absolute atomic E-state index is 13.1. The van der Waals surface area contributed by atoms with Crippen LogP contribution in [0.5, 0.6) is 0 Å². The van der Waals surface area contributed by atoms with Crippen molar-refractivity contribution < 1.29 is 32.3 Å². The maximum atomic E-state index is 13.1. The Morgan fingerprint density at radius 3 is 1.67 bits per heavy atom. The Balaban J connectivity index is 1.51. The van der Waals surface area contributed by atoms with E-state index in [1.54, 1.807) is 12.1 Å². The summed E-state index contributed by atoms with van der Waals surface area (Å²) in [4.78, 5) is -0.0615. The number of aliphatic hydroxyl groups excluding tert-OH is 2. The second-order valence-corrected chi connectivity index (χ2v) is 11.0. The molecule has 0 aliphatic carbocycles. The maximum Gasteiger partial charge on any atom is 0.297 e. The van der Waals surface area contributed by atoms with Crippen LogP contribution in [0.15, 0.2) is 120 Å². The molecule has 7 nitrogen and oxygen atoms in total. The van der Waals surface area contributed by atoms with E-state index in [2.05, 4.69) is 0 Å². The minimum Gasteiger partial charge on any atom is -0.385 e. The van der Waals surface area contributed by atoms with E-state index in [1.807, 2.05) is 97.9 Å². The molecule has 1 aliphatic rings. The SMILES string of the molecule is Cc1ccc(S(=O)(=O)O[C@H]2[C@@H](O)[C@H](O)O[C@@H]2COC(c2ccccc2)(c2ccccc2)c2ccccc2)cc1. The first-order chi connectivity index (χ1) is 18.8. The Morgan fingerprint density at radius 1 is 0.744 bits per heavy atom. The van der Waals surface area contributed by atoms with Crippen molar-refractivity contribution in [3.63, 3.8) is 0 Å². The quantitative estimate of drug-likeness (QED) is 0.240. The van der Waals surface area contributed by atoms with Crippen LogP contribution in [0.25, 0.3) is 0 Å². The minimum atomic E-state index is -4.27. The summed E-state index contributed by atoms with van der Waals surface area (Å²) in [7, 11) is -4.27. The normalized spacial score (nSPS) is 21.6. The van der Waals surface area contributed by atoms with Crippen molar-refractivity contribution in [2.75, 3.05) is 6.61 Å². The van der Waals surface area contributed by atoms with Gasteiger partial charge in [0.2, 0.25) is 0 Å². The molecule has 2 N–H and O–H groups in total. The van der Waals surface area contributed by atoms with Gasteiger partial charge < -0.3 is 19.7 Å². The van der Waals surface area contributed by atoms with Crippen molar-refractivity contribution in [1.82, 2.24) is 0 Å². The topological polar surface area (TPSA) is 102 Å². The fourth-order valence-corrected chi connectivity index (χ4v) is 5.97. The highest BCUT2D eigenvalue weighted by Crippen LogP contribution is 2.41. The lowest BCUT2D eigenvalue weighted by molar-refractivity contribution is -0.145. The van der Waals surface area contributed by atoms with Gasteiger partial charge in [-0.3, -0.25) is 4.18 Å². The van der Waals surface area contributed by atoms with E-state index < -0.39 is 40.3 Å². The number of aliphatic hydroxyl groups is 2. The summed E-state index contributed by atoms with van der Waals surface area (Å²) in [6.07, 6.45) is -5.73. The highest BCUT2D eigenvalue weighted by molar-refractivity contribution is 7.86. The van der Waals surface area contributed by atoms with Gasteiger partial charge in [0.1, 0.15) is 23.9 Å². The molecule has 0 radical (unpaired) electrons.